The Bertz CT molecular complexity index is 1560. The van der Waals surface area contributed by atoms with Crippen molar-refractivity contribution in [2.24, 2.45) is 0 Å². The van der Waals surface area contributed by atoms with Gasteiger partial charge in [-0.15, -0.1) is 0 Å². The lowest BCUT2D eigenvalue weighted by molar-refractivity contribution is 0.304. The van der Waals surface area contributed by atoms with E-state index in [1.807, 2.05) is 72.8 Å². The van der Waals surface area contributed by atoms with Gasteiger partial charge in [-0.1, -0.05) is 44.9 Å². The molecule has 2 heterocycles. The Balaban J connectivity index is 0.000000758. The molecule has 3 aromatic carbocycles. The van der Waals surface area contributed by atoms with E-state index in [-0.39, 0.29) is 0 Å². The molecule has 6 rings (SSSR count). The molecule has 1 aliphatic rings. The summed E-state index contributed by atoms with van der Waals surface area (Å²) >= 11 is 0. The lowest BCUT2D eigenvalue weighted by atomic mass is 10.2. The van der Waals surface area contributed by atoms with Crippen LogP contribution in [-0.4, -0.2) is 21.6 Å². The first-order valence-electron chi connectivity index (χ1n) is 13.9. The van der Waals surface area contributed by atoms with Crippen molar-refractivity contribution in [1.29, 1.82) is 0 Å². The van der Waals surface area contributed by atoms with E-state index in [0.29, 0.717) is 18.2 Å². The van der Waals surface area contributed by atoms with Gasteiger partial charge in [-0.2, -0.15) is 0 Å². The molecule has 7 heteroatoms. The lowest BCUT2D eigenvalue weighted by Gasteiger charge is -2.12. The quantitative estimate of drug-likeness (QED) is 0.219. The van der Waals surface area contributed by atoms with Gasteiger partial charge in [-0.25, -0.2) is 9.97 Å². The van der Waals surface area contributed by atoms with Gasteiger partial charge in [-0.05, 0) is 78.9 Å². The van der Waals surface area contributed by atoms with Crippen molar-refractivity contribution in [2.45, 2.75) is 52.6 Å². The van der Waals surface area contributed by atoms with Crippen LogP contribution in [0.5, 0.6) is 23.0 Å². The summed E-state index contributed by atoms with van der Waals surface area (Å²) in [6, 6.07) is 23.5. The van der Waals surface area contributed by atoms with Gasteiger partial charge in [0.1, 0.15) is 41.4 Å². The lowest BCUT2D eigenvalue weighted by Crippen LogP contribution is -2.02. The second-order valence-corrected chi connectivity index (χ2v) is 9.78. The van der Waals surface area contributed by atoms with Gasteiger partial charge in [0.25, 0.3) is 0 Å². The summed E-state index contributed by atoms with van der Waals surface area (Å²) in [4.78, 5) is 8.76. The summed E-state index contributed by atoms with van der Waals surface area (Å²) in [5.74, 6) is 3.51. The summed E-state index contributed by atoms with van der Waals surface area (Å²) in [6.45, 7) is 4.82. The van der Waals surface area contributed by atoms with E-state index >= 15 is 0 Å². The predicted molar refractivity (Wildman–Crippen MR) is 160 cm³/mol. The number of rotatable bonds is 8. The van der Waals surface area contributed by atoms with Crippen LogP contribution in [0.1, 0.15) is 49.9 Å². The number of hydrogen-bond donors (Lipinski definition) is 1. The molecular formula is C33H36N4O3. The molecule has 7 nitrogen and oxygen atoms in total. The zero-order valence-electron chi connectivity index (χ0n) is 23.4. The summed E-state index contributed by atoms with van der Waals surface area (Å²) in [6.07, 6.45) is 7.34. The van der Waals surface area contributed by atoms with Crippen LogP contribution < -0.4 is 19.9 Å². The maximum atomic E-state index is 6.26. The van der Waals surface area contributed by atoms with Crippen LogP contribution in [0.3, 0.4) is 0 Å². The van der Waals surface area contributed by atoms with Gasteiger partial charge in [-0.3, -0.25) is 0 Å². The minimum atomic E-state index is 0.462. The normalized spacial score (nSPS) is 12.0. The molecule has 206 valence electrons. The third kappa shape index (κ3) is 5.88. The van der Waals surface area contributed by atoms with Crippen LogP contribution in [0.2, 0.25) is 0 Å². The Morgan fingerprint density at radius 2 is 1.55 bits per heavy atom. The van der Waals surface area contributed by atoms with Crippen LogP contribution in [-0.2, 0) is 19.4 Å². The minimum absolute atomic E-state index is 0.462. The van der Waals surface area contributed by atoms with Crippen molar-refractivity contribution < 1.29 is 14.2 Å². The Kier molecular flexibility index (Phi) is 8.50. The van der Waals surface area contributed by atoms with E-state index in [0.717, 1.165) is 58.8 Å². The summed E-state index contributed by atoms with van der Waals surface area (Å²) < 4.78 is 19.5. The number of nitrogens with two attached hydrogens (primary N) is 1. The standard InChI is InChI=1S/C29H26N4O3.C4H10/c1-34-21-12-8-19(9-13-21)17-35-23-4-2-5-24(16-23)36-22-14-10-20(11-15-22)33-26-7-3-6-25(26)27-28(33)29(30)32-18-31-27;1-3-4-2/h2,4-5,8-16,18H,3,6-7,17H2,1H3,(H2,30,31,32);3-4H2,1-2H3. The molecule has 2 N–H and O–H groups in total. The molecule has 0 aliphatic heterocycles. The molecule has 0 saturated carbocycles. The molecule has 0 unspecified atom stereocenters. The molecule has 0 amide bonds. The van der Waals surface area contributed by atoms with E-state index in [1.165, 1.54) is 24.1 Å². The molecule has 0 saturated heterocycles. The summed E-state index contributed by atoms with van der Waals surface area (Å²) in [5.41, 5.74) is 12.7. The van der Waals surface area contributed by atoms with Gasteiger partial charge in [0, 0.05) is 17.4 Å². The number of ether oxygens (including phenoxy) is 3. The fourth-order valence-corrected chi connectivity index (χ4v) is 4.80. The highest BCUT2D eigenvalue weighted by molar-refractivity contribution is 5.91. The first kappa shape index (κ1) is 27.1. The number of methoxy groups -OCH3 is 1. The average Bonchev–Trinajstić information content (AvgIpc) is 3.59. The number of aromatic nitrogens is 3. The van der Waals surface area contributed by atoms with Crippen LogP contribution in [0.15, 0.2) is 79.1 Å². The van der Waals surface area contributed by atoms with Crippen molar-refractivity contribution >= 4 is 16.9 Å². The van der Waals surface area contributed by atoms with E-state index in [1.54, 1.807) is 13.4 Å². The third-order valence-electron chi connectivity index (χ3n) is 7.02. The molecule has 0 radical (unpaired) electrons. The van der Waals surface area contributed by atoms with Crippen molar-refractivity contribution in [2.75, 3.05) is 12.8 Å². The number of fused-ring (bicyclic) bond motifs is 3. The molecule has 0 fully saturated rings. The van der Waals surface area contributed by atoms with Crippen molar-refractivity contribution in [3.8, 4) is 28.7 Å². The van der Waals surface area contributed by atoms with E-state index in [9.17, 15) is 0 Å². The van der Waals surface area contributed by atoms with E-state index in [4.69, 9.17) is 19.9 Å². The SMILES string of the molecule is CCCC.COc1ccc(COc2cccc(Oc3ccc(-n4c5c(c6ncnc(N)c64)CCC5)cc3)c2)cc1. The van der Waals surface area contributed by atoms with E-state index < -0.39 is 0 Å². The number of aryl methyl sites for hydroxylation is 1. The smallest absolute Gasteiger partial charge is 0.151 e. The van der Waals surface area contributed by atoms with Crippen LogP contribution in [0.4, 0.5) is 5.82 Å². The number of hydrogen-bond acceptors (Lipinski definition) is 6. The van der Waals surface area contributed by atoms with Crippen LogP contribution in [0, 0.1) is 0 Å². The molecule has 0 bridgehead atoms. The highest BCUT2D eigenvalue weighted by Gasteiger charge is 2.25. The average molecular weight is 537 g/mol. The fourth-order valence-electron chi connectivity index (χ4n) is 4.80. The number of benzene rings is 3. The van der Waals surface area contributed by atoms with Gasteiger partial charge in [0.15, 0.2) is 5.82 Å². The second kappa shape index (κ2) is 12.6. The van der Waals surface area contributed by atoms with Crippen molar-refractivity contribution in [1.82, 2.24) is 14.5 Å². The Labute approximate surface area is 235 Å². The maximum Gasteiger partial charge on any atom is 0.151 e. The first-order chi connectivity index (χ1) is 19.6. The van der Waals surface area contributed by atoms with Crippen molar-refractivity contribution in [3.05, 3.63) is 95.9 Å². The molecule has 5 aromatic rings. The highest BCUT2D eigenvalue weighted by atomic mass is 16.5. The molecule has 2 aromatic heterocycles. The Morgan fingerprint density at radius 3 is 2.27 bits per heavy atom. The monoisotopic (exact) mass is 536 g/mol. The van der Waals surface area contributed by atoms with Crippen LogP contribution in [0.25, 0.3) is 16.7 Å². The van der Waals surface area contributed by atoms with Gasteiger partial charge >= 0.3 is 0 Å². The maximum absolute atomic E-state index is 6.26. The number of nitrogens with zero attached hydrogens (tertiary/aromatic N) is 3. The molecule has 40 heavy (non-hydrogen) atoms. The van der Waals surface area contributed by atoms with Crippen LogP contribution >= 0.6 is 0 Å². The summed E-state index contributed by atoms with van der Waals surface area (Å²) in [7, 11) is 1.66. The fraction of sp³-hybridized carbons (Fsp3) is 0.273. The van der Waals surface area contributed by atoms with Gasteiger partial charge in [0.2, 0.25) is 0 Å². The summed E-state index contributed by atoms with van der Waals surface area (Å²) in [5, 5.41) is 0. The van der Waals surface area contributed by atoms with Crippen molar-refractivity contribution in [3.63, 3.8) is 0 Å². The topological polar surface area (TPSA) is 84.4 Å². The second-order valence-electron chi connectivity index (χ2n) is 9.78. The van der Waals surface area contributed by atoms with E-state index in [2.05, 4.69) is 28.4 Å². The molecule has 1 aliphatic carbocycles. The number of unbranched alkanes of at least 4 members (excludes halogenated alkanes) is 1. The molecule has 0 atom stereocenters. The van der Waals surface area contributed by atoms with Gasteiger partial charge in [0.05, 0.1) is 12.6 Å². The Hall–Kier alpha value is -4.52. The largest absolute Gasteiger partial charge is 0.497 e. The Morgan fingerprint density at radius 1 is 0.825 bits per heavy atom. The number of nitrogen functional groups attached to an aromatic ring is 1. The molecular weight excluding hydrogens is 500 g/mol. The van der Waals surface area contributed by atoms with Gasteiger partial charge < -0.3 is 24.5 Å². The first-order valence-corrected chi connectivity index (χ1v) is 13.9. The highest BCUT2D eigenvalue weighted by Crippen LogP contribution is 2.36. The zero-order chi connectivity index (χ0) is 27.9. The predicted octanol–water partition coefficient (Wildman–Crippen LogP) is 7.68. The number of anilines is 1. The molecule has 0 spiro atoms. The zero-order valence-corrected chi connectivity index (χ0v) is 23.4. The minimum Gasteiger partial charge on any atom is -0.497 e. The third-order valence-corrected chi connectivity index (χ3v) is 7.02.